The minimum absolute atomic E-state index is 0.201. The molecular weight excluding hydrogens is 370 g/mol. The lowest BCUT2D eigenvalue weighted by Crippen LogP contribution is -2.24. The predicted molar refractivity (Wildman–Crippen MR) is 108 cm³/mol. The van der Waals surface area contributed by atoms with Crippen molar-refractivity contribution in [1.29, 1.82) is 0 Å². The molecule has 1 fully saturated rings. The molecule has 3 aromatic rings. The summed E-state index contributed by atoms with van der Waals surface area (Å²) in [6.07, 6.45) is 6.24. The van der Waals surface area contributed by atoms with Gasteiger partial charge in [-0.1, -0.05) is 6.07 Å². The van der Waals surface area contributed by atoms with E-state index in [1.807, 2.05) is 24.3 Å². The number of pyridine rings is 2. The normalized spacial score (nSPS) is 17.6. The van der Waals surface area contributed by atoms with Gasteiger partial charge in [0.25, 0.3) is 5.56 Å². The molecule has 3 heterocycles. The second kappa shape index (κ2) is 8.30. The van der Waals surface area contributed by atoms with E-state index in [4.69, 9.17) is 9.47 Å². The molecule has 0 bridgehead atoms. The van der Waals surface area contributed by atoms with Crippen LogP contribution >= 0.6 is 0 Å². The monoisotopic (exact) mass is 393 g/mol. The van der Waals surface area contributed by atoms with Crippen molar-refractivity contribution in [3.8, 4) is 11.6 Å². The topological polar surface area (TPSA) is 91.2 Å². The fraction of sp³-hybridized carbons (Fsp3) is 0.333. The Hall–Kier alpha value is -3.42. The van der Waals surface area contributed by atoms with Gasteiger partial charge in [0.1, 0.15) is 11.4 Å². The van der Waals surface area contributed by atoms with Crippen LogP contribution in [0.2, 0.25) is 0 Å². The van der Waals surface area contributed by atoms with Gasteiger partial charge in [-0.15, -0.1) is 5.10 Å². The number of hydrogen-bond donors (Lipinski definition) is 1. The van der Waals surface area contributed by atoms with Crippen LogP contribution in [0.25, 0.3) is 0 Å². The molecule has 29 heavy (non-hydrogen) atoms. The smallest absolute Gasteiger partial charge is 0.290 e. The average Bonchev–Trinajstić information content (AvgIpc) is 3.54. The van der Waals surface area contributed by atoms with E-state index in [1.54, 1.807) is 38.8 Å². The number of ether oxygens (including phenoxy) is 2. The van der Waals surface area contributed by atoms with Crippen LogP contribution in [0.1, 0.15) is 23.6 Å². The Labute approximate surface area is 168 Å². The molecule has 4 rings (SSSR count). The Kier molecular flexibility index (Phi) is 5.41. The van der Waals surface area contributed by atoms with Crippen LogP contribution in [0, 0.1) is 5.92 Å². The van der Waals surface area contributed by atoms with E-state index in [9.17, 15) is 4.79 Å². The van der Waals surface area contributed by atoms with Crippen molar-refractivity contribution < 1.29 is 9.47 Å². The molecule has 0 amide bonds. The minimum atomic E-state index is -0.201. The summed E-state index contributed by atoms with van der Waals surface area (Å²) in [7, 11) is 3.25. The molecule has 1 N–H and O–H groups in total. The molecule has 0 saturated heterocycles. The van der Waals surface area contributed by atoms with E-state index in [2.05, 4.69) is 20.4 Å². The van der Waals surface area contributed by atoms with Gasteiger partial charge in [-0.05, 0) is 30.2 Å². The second-order valence-electron chi connectivity index (χ2n) is 7.08. The number of anilines is 1. The van der Waals surface area contributed by atoms with Gasteiger partial charge >= 0.3 is 0 Å². The van der Waals surface area contributed by atoms with Crippen molar-refractivity contribution in [1.82, 2.24) is 19.7 Å². The zero-order chi connectivity index (χ0) is 20.2. The highest BCUT2D eigenvalue weighted by Gasteiger charge is 2.40. The highest BCUT2D eigenvalue weighted by molar-refractivity contribution is 5.43. The van der Waals surface area contributed by atoms with Crippen molar-refractivity contribution in [2.45, 2.75) is 18.9 Å². The van der Waals surface area contributed by atoms with Gasteiger partial charge in [0, 0.05) is 49.6 Å². The second-order valence-corrected chi connectivity index (χ2v) is 7.08. The lowest BCUT2D eigenvalue weighted by molar-refractivity contribution is 0.278. The molecule has 0 spiro atoms. The molecule has 0 radical (unpaired) electrons. The molecule has 3 aromatic heterocycles. The fourth-order valence-corrected chi connectivity index (χ4v) is 3.20. The molecule has 0 aromatic carbocycles. The number of aryl methyl sites for hydroxylation is 1. The zero-order valence-electron chi connectivity index (χ0n) is 16.4. The number of nitrogens with one attached hydrogen (secondary N) is 1. The third-order valence-electron chi connectivity index (χ3n) is 4.99. The predicted octanol–water partition coefficient (Wildman–Crippen LogP) is 2.37. The summed E-state index contributed by atoms with van der Waals surface area (Å²) >= 11 is 0. The van der Waals surface area contributed by atoms with E-state index in [0.717, 1.165) is 23.4 Å². The number of aromatic nitrogens is 4. The molecule has 8 heteroatoms. The number of methoxy groups -OCH3 is 1. The summed E-state index contributed by atoms with van der Waals surface area (Å²) in [4.78, 5) is 20.9. The number of rotatable bonds is 8. The van der Waals surface area contributed by atoms with Crippen molar-refractivity contribution in [3.63, 3.8) is 0 Å². The first-order valence-electron chi connectivity index (χ1n) is 9.48. The fourth-order valence-electron chi connectivity index (χ4n) is 3.20. The van der Waals surface area contributed by atoms with Crippen LogP contribution in [-0.2, 0) is 13.6 Å². The first kappa shape index (κ1) is 18.9. The van der Waals surface area contributed by atoms with E-state index in [-0.39, 0.29) is 5.56 Å². The van der Waals surface area contributed by atoms with Crippen molar-refractivity contribution in [2.75, 3.05) is 19.0 Å². The van der Waals surface area contributed by atoms with Gasteiger partial charge in [0.2, 0.25) is 5.88 Å². The van der Waals surface area contributed by atoms with Gasteiger partial charge in [0.15, 0.2) is 0 Å². The lowest BCUT2D eigenvalue weighted by Gasteiger charge is -2.10. The third kappa shape index (κ3) is 4.53. The van der Waals surface area contributed by atoms with Crippen molar-refractivity contribution in [2.24, 2.45) is 13.0 Å². The third-order valence-corrected chi connectivity index (χ3v) is 4.99. The average molecular weight is 393 g/mol. The quantitative estimate of drug-likeness (QED) is 0.628. The van der Waals surface area contributed by atoms with Gasteiger partial charge in [-0.25, -0.2) is 4.68 Å². The van der Waals surface area contributed by atoms with E-state index in [1.165, 1.54) is 4.68 Å². The summed E-state index contributed by atoms with van der Waals surface area (Å²) in [5.74, 6) is 1.95. The molecule has 1 aliphatic rings. The molecule has 1 aliphatic carbocycles. The summed E-state index contributed by atoms with van der Waals surface area (Å²) in [5, 5.41) is 7.35. The van der Waals surface area contributed by atoms with Crippen LogP contribution < -0.4 is 20.3 Å². The standard InChI is InChI=1S/C21H23N5O3/c1-26-21(27)19(23-11-14-4-3-7-22-10-14)9-20(25-26)29-13-15-8-17(15)18-6-5-16(28-2)12-24-18/h3-7,9-10,12,15,17,23H,8,11,13H2,1-2H3. The maximum Gasteiger partial charge on any atom is 0.290 e. The zero-order valence-corrected chi connectivity index (χ0v) is 16.4. The maximum atomic E-state index is 12.3. The Balaban J connectivity index is 1.36. The molecule has 0 aliphatic heterocycles. The van der Waals surface area contributed by atoms with Crippen molar-refractivity contribution in [3.05, 3.63) is 70.5 Å². The van der Waals surface area contributed by atoms with Gasteiger partial charge < -0.3 is 14.8 Å². The maximum absolute atomic E-state index is 12.3. The van der Waals surface area contributed by atoms with Crippen LogP contribution in [-0.4, -0.2) is 33.5 Å². The van der Waals surface area contributed by atoms with E-state index in [0.29, 0.717) is 36.6 Å². The summed E-state index contributed by atoms with van der Waals surface area (Å²) in [6.45, 7) is 1.03. The van der Waals surface area contributed by atoms with Crippen LogP contribution in [0.15, 0.2) is 53.7 Å². The van der Waals surface area contributed by atoms with Gasteiger partial charge in [0.05, 0.1) is 19.9 Å². The number of hydrogen-bond acceptors (Lipinski definition) is 7. The lowest BCUT2D eigenvalue weighted by atomic mass is 10.2. The Bertz CT molecular complexity index is 1020. The van der Waals surface area contributed by atoms with Gasteiger partial charge in [-0.2, -0.15) is 0 Å². The summed E-state index contributed by atoms with van der Waals surface area (Å²) < 4.78 is 12.3. The molecule has 8 nitrogen and oxygen atoms in total. The van der Waals surface area contributed by atoms with E-state index < -0.39 is 0 Å². The Morgan fingerprint density at radius 2 is 2.17 bits per heavy atom. The molecule has 2 atom stereocenters. The summed E-state index contributed by atoms with van der Waals surface area (Å²) in [6, 6.07) is 9.38. The Morgan fingerprint density at radius 3 is 2.90 bits per heavy atom. The Morgan fingerprint density at radius 1 is 1.28 bits per heavy atom. The van der Waals surface area contributed by atoms with Crippen molar-refractivity contribution >= 4 is 5.69 Å². The van der Waals surface area contributed by atoms with E-state index >= 15 is 0 Å². The molecular formula is C21H23N5O3. The van der Waals surface area contributed by atoms with Gasteiger partial charge in [-0.3, -0.25) is 14.8 Å². The number of nitrogens with zero attached hydrogens (tertiary/aromatic N) is 4. The largest absolute Gasteiger partial charge is 0.495 e. The minimum Gasteiger partial charge on any atom is -0.495 e. The van der Waals surface area contributed by atoms with Crippen LogP contribution in [0.4, 0.5) is 5.69 Å². The highest BCUT2D eigenvalue weighted by atomic mass is 16.5. The summed E-state index contributed by atoms with van der Waals surface area (Å²) in [5.41, 5.74) is 2.28. The van der Waals surface area contributed by atoms with Crippen LogP contribution in [0.5, 0.6) is 11.6 Å². The first-order valence-corrected chi connectivity index (χ1v) is 9.48. The highest BCUT2D eigenvalue weighted by Crippen LogP contribution is 2.46. The first-order chi connectivity index (χ1) is 14.1. The molecule has 1 saturated carbocycles. The SMILES string of the molecule is COc1ccc(C2CC2COc2cc(NCc3cccnc3)c(=O)n(C)n2)nc1. The molecule has 150 valence electrons. The van der Waals surface area contributed by atoms with Crippen LogP contribution in [0.3, 0.4) is 0 Å². The molecule has 2 unspecified atom stereocenters.